The SMILES string of the molecule is OCCCCCCN1CC[C@@H]2[C@@H](C1)c1ccccc1N2c1ccccc1. The molecule has 0 amide bonds. The van der Waals surface area contributed by atoms with Gasteiger partial charge in [0.15, 0.2) is 0 Å². The van der Waals surface area contributed by atoms with E-state index in [0.717, 1.165) is 12.8 Å². The normalized spacial score (nSPS) is 22.3. The highest BCUT2D eigenvalue weighted by Gasteiger charge is 2.41. The van der Waals surface area contributed by atoms with E-state index in [2.05, 4.69) is 64.4 Å². The van der Waals surface area contributed by atoms with E-state index >= 15 is 0 Å². The Bertz CT molecular complexity index is 702. The van der Waals surface area contributed by atoms with E-state index in [1.807, 2.05) is 0 Å². The predicted octanol–water partition coefficient (Wildman–Crippen LogP) is 4.55. The minimum absolute atomic E-state index is 0.333. The summed E-state index contributed by atoms with van der Waals surface area (Å²) in [7, 11) is 0. The number of hydrogen-bond acceptors (Lipinski definition) is 3. The molecule has 3 nitrogen and oxygen atoms in total. The van der Waals surface area contributed by atoms with Crippen LogP contribution in [0.1, 0.15) is 43.6 Å². The van der Waals surface area contributed by atoms with Crippen molar-refractivity contribution in [3.63, 3.8) is 0 Å². The van der Waals surface area contributed by atoms with Crippen LogP contribution in [-0.4, -0.2) is 42.3 Å². The van der Waals surface area contributed by atoms with Crippen molar-refractivity contribution in [1.82, 2.24) is 4.90 Å². The summed E-state index contributed by atoms with van der Waals surface area (Å²) in [5.41, 5.74) is 4.25. The summed E-state index contributed by atoms with van der Waals surface area (Å²) in [4.78, 5) is 5.24. The lowest BCUT2D eigenvalue weighted by atomic mass is 9.89. The molecular formula is C23H30N2O. The van der Waals surface area contributed by atoms with Crippen LogP contribution in [0.4, 0.5) is 11.4 Å². The zero-order valence-electron chi connectivity index (χ0n) is 15.6. The first-order valence-electron chi connectivity index (χ1n) is 10.1. The number of unbranched alkanes of at least 4 members (excludes halogenated alkanes) is 3. The number of benzene rings is 2. The van der Waals surface area contributed by atoms with Crippen LogP contribution in [0, 0.1) is 0 Å². The number of fused-ring (bicyclic) bond motifs is 3. The Kier molecular flexibility index (Phi) is 5.57. The molecule has 2 aliphatic rings. The van der Waals surface area contributed by atoms with E-state index in [4.69, 9.17) is 5.11 Å². The largest absolute Gasteiger partial charge is 0.396 e. The van der Waals surface area contributed by atoms with Crippen LogP contribution < -0.4 is 4.90 Å². The molecule has 1 saturated heterocycles. The molecule has 2 heterocycles. The van der Waals surface area contributed by atoms with Crippen LogP contribution in [0.15, 0.2) is 54.6 Å². The summed E-state index contributed by atoms with van der Waals surface area (Å²) >= 11 is 0. The highest BCUT2D eigenvalue weighted by Crippen LogP contribution is 2.48. The zero-order chi connectivity index (χ0) is 17.8. The highest BCUT2D eigenvalue weighted by atomic mass is 16.2. The molecule has 0 unspecified atom stereocenters. The molecule has 0 aromatic heterocycles. The average molecular weight is 351 g/mol. The number of aliphatic hydroxyl groups excluding tert-OH is 1. The quantitative estimate of drug-likeness (QED) is 0.742. The maximum Gasteiger partial charge on any atom is 0.0450 e. The van der Waals surface area contributed by atoms with Gasteiger partial charge >= 0.3 is 0 Å². The van der Waals surface area contributed by atoms with Crippen LogP contribution in [-0.2, 0) is 0 Å². The third-order valence-corrected chi connectivity index (χ3v) is 6.00. The van der Waals surface area contributed by atoms with Gasteiger partial charge in [0.05, 0.1) is 0 Å². The Morgan fingerprint density at radius 1 is 0.885 bits per heavy atom. The van der Waals surface area contributed by atoms with Gasteiger partial charge in [-0.05, 0) is 49.6 Å². The molecule has 2 atom stereocenters. The molecule has 4 rings (SSSR count). The second kappa shape index (κ2) is 8.24. The maximum atomic E-state index is 8.91. The van der Waals surface area contributed by atoms with Crippen LogP contribution in [0.5, 0.6) is 0 Å². The summed E-state index contributed by atoms with van der Waals surface area (Å²) in [6.45, 7) is 3.89. The lowest BCUT2D eigenvalue weighted by molar-refractivity contribution is 0.192. The van der Waals surface area contributed by atoms with Gasteiger partial charge < -0.3 is 14.9 Å². The topological polar surface area (TPSA) is 26.7 Å². The Morgan fingerprint density at radius 2 is 1.65 bits per heavy atom. The van der Waals surface area contributed by atoms with Crippen molar-refractivity contribution in [2.24, 2.45) is 0 Å². The van der Waals surface area contributed by atoms with E-state index in [1.54, 1.807) is 0 Å². The van der Waals surface area contributed by atoms with Gasteiger partial charge in [0, 0.05) is 43.0 Å². The van der Waals surface area contributed by atoms with E-state index in [9.17, 15) is 0 Å². The standard InChI is InChI=1S/C23H30N2O/c26-17-9-2-1-8-15-24-16-14-23-21(18-24)20-12-6-7-13-22(20)25(23)19-10-4-3-5-11-19/h3-7,10-13,21,23,26H,1-2,8-9,14-18H2/t21-,23+/m0/s1. The Balaban J connectivity index is 1.48. The van der Waals surface area contributed by atoms with E-state index in [0.29, 0.717) is 18.6 Å². The van der Waals surface area contributed by atoms with Crippen molar-refractivity contribution in [2.75, 3.05) is 31.1 Å². The summed E-state index contributed by atoms with van der Waals surface area (Å²) in [5.74, 6) is 0.609. The Morgan fingerprint density at radius 3 is 2.50 bits per heavy atom. The number of piperidine rings is 1. The monoisotopic (exact) mass is 350 g/mol. The molecule has 0 bridgehead atoms. The molecule has 0 saturated carbocycles. The molecular weight excluding hydrogens is 320 g/mol. The number of rotatable bonds is 7. The lowest BCUT2D eigenvalue weighted by Crippen LogP contribution is -2.45. The smallest absolute Gasteiger partial charge is 0.0450 e. The fraction of sp³-hybridized carbons (Fsp3) is 0.478. The van der Waals surface area contributed by atoms with Crippen LogP contribution in [0.25, 0.3) is 0 Å². The summed E-state index contributed by atoms with van der Waals surface area (Å²) in [5, 5.41) is 8.91. The molecule has 2 aromatic rings. The van der Waals surface area contributed by atoms with Crippen molar-refractivity contribution in [3.05, 3.63) is 60.2 Å². The number of hydrogen-bond donors (Lipinski definition) is 1. The second-order valence-electron chi connectivity index (χ2n) is 7.67. The molecule has 2 aromatic carbocycles. The van der Waals surface area contributed by atoms with Gasteiger partial charge in [0.25, 0.3) is 0 Å². The maximum absolute atomic E-state index is 8.91. The zero-order valence-corrected chi connectivity index (χ0v) is 15.6. The van der Waals surface area contributed by atoms with Crippen LogP contribution in [0.2, 0.25) is 0 Å². The van der Waals surface area contributed by atoms with Gasteiger partial charge in [-0.25, -0.2) is 0 Å². The minimum Gasteiger partial charge on any atom is -0.396 e. The lowest BCUT2D eigenvalue weighted by Gasteiger charge is -2.39. The van der Waals surface area contributed by atoms with E-state index in [1.165, 1.54) is 55.8 Å². The Hall–Kier alpha value is -1.84. The van der Waals surface area contributed by atoms with Crippen LogP contribution in [0.3, 0.4) is 0 Å². The van der Waals surface area contributed by atoms with E-state index in [-0.39, 0.29) is 0 Å². The first-order valence-corrected chi connectivity index (χ1v) is 10.1. The van der Waals surface area contributed by atoms with Gasteiger partial charge in [-0.3, -0.25) is 0 Å². The molecule has 26 heavy (non-hydrogen) atoms. The first kappa shape index (κ1) is 17.6. The summed E-state index contributed by atoms with van der Waals surface area (Å²) in [6, 6.07) is 20.4. The van der Waals surface area contributed by atoms with Crippen LogP contribution >= 0.6 is 0 Å². The van der Waals surface area contributed by atoms with Gasteiger partial charge in [-0.1, -0.05) is 49.2 Å². The van der Waals surface area contributed by atoms with Gasteiger partial charge in [-0.2, -0.15) is 0 Å². The Labute approximate surface area is 157 Å². The summed E-state index contributed by atoms with van der Waals surface area (Å²) in [6.07, 6.45) is 5.81. The van der Waals surface area contributed by atoms with Crippen molar-refractivity contribution in [3.8, 4) is 0 Å². The van der Waals surface area contributed by atoms with E-state index < -0.39 is 0 Å². The van der Waals surface area contributed by atoms with Crippen molar-refractivity contribution in [1.29, 1.82) is 0 Å². The first-order chi connectivity index (χ1) is 12.9. The predicted molar refractivity (Wildman–Crippen MR) is 108 cm³/mol. The van der Waals surface area contributed by atoms with Crippen molar-refractivity contribution in [2.45, 2.75) is 44.1 Å². The molecule has 0 radical (unpaired) electrons. The molecule has 0 spiro atoms. The van der Waals surface area contributed by atoms with Gasteiger partial charge in [-0.15, -0.1) is 0 Å². The number of aliphatic hydroxyl groups is 1. The summed E-state index contributed by atoms with van der Waals surface area (Å²) < 4.78 is 0. The third-order valence-electron chi connectivity index (χ3n) is 6.00. The fourth-order valence-electron chi connectivity index (χ4n) is 4.74. The molecule has 1 N–H and O–H groups in total. The molecule has 3 heteroatoms. The minimum atomic E-state index is 0.333. The highest BCUT2D eigenvalue weighted by molar-refractivity contribution is 5.72. The van der Waals surface area contributed by atoms with Gasteiger partial charge in [0.2, 0.25) is 0 Å². The average Bonchev–Trinajstić information content (AvgIpc) is 3.02. The van der Waals surface area contributed by atoms with Gasteiger partial charge in [0.1, 0.15) is 0 Å². The number of likely N-dealkylation sites (tertiary alicyclic amines) is 1. The van der Waals surface area contributed by atoms with Crippen molar-refractivity contribution < 1.29 is 5.11 Å². The number of para-hydroxylation sites is 2. The molecule has 1 fully saturated rings. The second-order valence-corrected chi connectivity index (χ2v) is 7.67. The molecule has 138 valence electrons. The third kappa shape index (κ3) is 3.51. The number of anilines is 2. The molecule has 0 aliphatic carbocycles. The number of nitrogens with zero attached hydrogens (tertiary/aromatic N) is 2. The fourth-order valence-corrected chi connectivity index (χ4v) is 4.74. The van der Waals surface area contributed by atoms with Crippen molar-refractivity contribution >= 4 is 11.4 Å². The molecule has 2 aliphatic heterocycles.